The molecule has 0 bridgehead atoms. The summed E-state index contributed by atoms with van der Waals surface area (Å²) in [6.07, 6.45) is 5.29. The van der Waals surface area contributed by atoms with Crippen LogP contribution in [-0.2, 0) is 6.54 Å². The largest absolute Gasteiger partial charge is 0.474 e. The molecule has 112 valence electrons. The summed E-state index contributed by atoms with van der Waals surface area (Å²) in [5.74, 6) is 1.24. The molecular formula is C17H28N2O. The summed E-state index contributed by atoms with van der Waals surface area (Å²) in [5, 5.41) is 3.47. The number of nitrogens with one attached hydrogen (secondary N) is 1. The lowest BCUT2D eigenvalue weighted by atomic mass is 10.1. The van der Waals surface area contributed by atoms with Crippen LogP contribution in [0.15, 0.2) is 12.1 Å². The van der Waals surface area contributed by atoms with Crippen molar-refractivity contribution in [2.45, 2.75) is 78.0 Å². The second-order valence-electron chi connectivity index (χ2n) is 6.45. The van der Waals surface area contributed by atoms with Gasteiger partial charge >= 0.3 is 0 Å². The van der Waals surface area contributed by atoms with Crippen LogP contribution >= 0.6 is 0 Å². The molecule has 0 atom stereocenters. The van der Waals surface area contributed by atoms with E-state index >= 15 is 0 Å². The van der Waals surface area contributed by atoms with Gasteiger partial charge in [-0.1, -0.05) is 27.7 Å². The lowest BCUT2D eigenvalue weighted by Crippen LogP contribution is -2.22. The van der Waals surface area contributed by atoms with Crippen molar-refractivity contribution in [3.8, 4) is 5.88 Å². The van der Waals surface area contributed by atoms with E-state index in [9.17, 15) is 0 Å². The fourth-order valence-electron chi connectivity index (χ4n) is 2.54. The van der Waals surface area contributed by atoms with Gasteiger partial charge in [-0.2, -0.15) is 0 Å². The van der Waals surface area contributed by atoms with Crippen LogP contribution in [0, 0.1) is 0 Å². The highest BCUT2D eigenvalue weighted by molar-refractivity contribution is 5.27. The second-order valence-corrected chi connectivity index (χ2v) is 6.45. The molecule has 1 aromatic heterocycles. The van der Waals surface area contributed by atoms with Gasteiger partial charge in [0.25, 0.3) is 0 Å². The molecule has 1 aliphatic carbocycles. The molecule has 3 nitrogen and oxygen atoms in total. The van der Waals surface area contributed by atoms with Gasteiger partial charge in [0.2, 0.25) is 5.88 Å². The lowest BCUT2D eigenvalue weighted by molar-refractivity contribution is 0.200. The van der Waals surface area contributed by atoms with Gasteiger partial charge < -0.3 is 10.1 Å². The zero-order valence-corrected chi connectivity index (χ0v) is 13.3. The van der Waals surface area contributed by atoms with Gasteiger partial charge in [0.05, 0.1) is 0 Å². The Morgan fingerprint density at radius 3 is 2.50 bits per heavy atom. The van der Waals surface area contributed by atoms with Crippen molar-refractivity contribution in [1.29, 1.82) is 0 Å². The van der Waals surface area contributed by atoms with Crippen molar-refractivity contribution in [3.63, 3.8) is 0 Å². The molecule has 20 heavy (non-hydrogen) atoms. The molecule has 0 saturated heterocycles. The third-order valence-corrected chi connectivity index (χ3v) is 3.78. The van der Waals surface area contributed by atoms with E-state index in [0.717, 1.165) is 18.1 Å². The van der Waals surface area contributed by atoms with Crippen LogP contribution in [0.1, 0.15) is 70.6 Å². The molecule has 1 heterocycles. The van der Waals surface area contributed by atoms with Crippen molar-refractivity contribution in [2.75, 3.05) is 0 Å². The van der Waals surface area contributed by atoms with Crippen molar-refractivity contribution in [3.05, 3.63) is 23.4 Å². The summed E-state index contributed by atoms with van der Waals surface area (Å²) >= 11 is 0. The second kappa shape index (κ2) is 7.07. The fourth-order valence-corrected chi connectivity index (χ4v) is 2.54. The topological polar surface area (TPSA) is 34.1 Å². The smallest absolute Gasteiger partial charge is 0.214 e. The Morgan fingerprint density at radius 1 is 1.20 bits per heavy atom. The number of pyridine rings is 1. The molecule has 0 unspecified atom stereocenters. The SMILES string of the molecule is CC(C)NCc1cc(OC2CCCC2)nc(C(C)C)c1. The van der Waals surface area contributed by atoms with Gasteiger partial charge in [0.15, 0.2) is 0 Å². The summed E-state index contributed by atoms with van der Waals surface area (Å²) in [7, 11) is 0. The first-order chi connectivity index (χ1) is 9.54. The lowest BCUT2D eigenvalue weighted by Gasteiger charge is -2.16. The first kappa shape index (κ1) is 15.3. The van der Waals surface area contributed by atoms with Crippen LogP contribution in [0.3, 0.4) is 0 Å². The van der Waals surface area contributed by atoms with Crippen LogP contribution in [0.2, 0.25) is 0 Å². The van der Waals surface area contributed by atoms with E-state index < -0.39 is 0 Å². The Morgan fingerprint density at radius 2 is 1.90 bits per heavy atom. The molecule has 1 aromatic rings. The molecule has 1 fully saturated rings. The Balaban J connectivity index is 2.12. The first-order valence-electron chi connectivity index (χ1n) is 7.95. The monoisotopic (exact) mass is 276 g/mol. The van der Waals surface area contributed by atoms with Crippen molar-refractivity contribution >= 4 is 0 Å². The van der Waals surface area contributed by atoms with Crippen molar-refractivity contribution in [1.82, 2.24) is 10.3 Å². The van der Waals surface area contributed by atoms with Crippen LogP contribution in [-0.4, -0.2) is 17.1 Å². The van der Waals surface area contributed by atoms with Gasteiger partial charge in [0, 0.05) is 24.3 Å². The molecular weight excluding hydrogens is 248 g/mol. The molecule has 2 rings (SSSR count). The predicted molar refractivity (Wildman–Crippen MR) is 83.2 cm³/mol. The van der Waals surface area contributed by atoms with Gasteiger partial charge in [-0.25, -0.2) is 4.98 Å². The Labute approximate surface area is 123 Å². The molecule has 0 spiro atoms. The Kier molecular flexibility index (Phi) is 5.41. The average molecular weight is 276 g/mol. The maximum atomic E-state index is 6.07. The number of hydrogen-bond donors (Lipinski definition) is 1. The molecule has 0 radical (unpaired) electrons. The van der Waals surface area contributed by atoms with Crippen molar-refractivity contribution in [2.24, 2.45) is 0 Å². The molecule has 0 amide bonds. The Hall–Kier alpha value is -1.09. The maximum Gasteiger partial charge on any atom is 0.214 e. The molecule has 0 aliphatic heterocycles. The van der Waals surface area contributed by atoms with Gasteiger partial charge in [0.1, 0.15) is 6.10 Å². The highest BCUT2D eigenvalue weighted by atomic mass is 16.5. The van der Waals surface area contributed by atoms with Gasteiger partial charge in [-0.3, -0.25) is 0 Å². The summed E-state index contributed by atoms with van der Waals surface area (Å²) in [6, 6.07) is 4.78. The molecule has 0 aromatic carbocycles. The standard InChI is InChI=1S/C17H28N2O/c1-12(2)16-9-14(11-18-13(3)4)10-17(19-16)20-15-7-5-6-8-15/h9-10,12-13,15,18H,5-8,11H2,1-4H3. The van der Waals surface area contributed by atoms with E-state index in [1.165, 1.54) is 31.2 Å². The van der Waals surface area contributed by atoms with Crippen LogP contribution < -0.4 is 10.1 Å². The minimum Gasteiger partial charge on any atom is -0.474 e. The number of hydrogen-bond acceptors (Lipinski definition) is 3. The number of nitrogens with zero attached hydrogens (tertiary/aromatic N) is 1. The van der Waals surface area contributed by atoms with Gasteiger partial charge in [-0.05, 0) is 43.2 Å². The van der Waals surface area contributed by atoms with Crippen LogP contribution in [0.5, 0.6) is 5.88 Å². The maximum absolute atomic E-state index is 6.07. The zero-order chi connectivity index (χ0) is 14.5. The number of rotatable bonds is 6. The molecule has 1 aliphatic rings. The van der Waals surface area contributed by atoms with E-state index in [4.69, 9.17) is 4.74 Å². The third-order valence-electron chi connectivity index (χ3n) is 3.78. The van der Waals surface area contributed by atoms with Crippen LogP contribution in [0.25, 0.3) is 0 Å². The quantitative estimate of drug-likeness (QED) is 0.852. The van der Waals surface area contributed by atoms with E-state index in [1.807, 2.05) is 0 Å². The zero-order valence-electron chi connectivity index (χ0n) is 13.3. The minimum atomic E-state index is 0.371. The number of aromatic nitrogens is 1. The summed E-state index contributed by atoms with van der Waals surface area (Å²) in [5.41, 5.74) is 2.39. The van der Waals surface area contributed by atoms with Gasteiger partial charge in [-0.15, -0.1) is 0 Å². The Bertz CT molecular complexity index is 423. The fraction of sp³-hybridized carbons (Fsp3) is 0.706. The number of ether oxygens (including phenoxy) is 1. The van der Waals surface area contributed by atoms with E-state index in [0.29, 0.717) is 18.1 Å². The van der Waals surface area contributed by atoms with Crippen LogP contribution in [0.4, 0.5) is 0 Å². The highest BCUT2D eigenvalue weighted by Crippen LogP contribution is 2.25. The summed E-state index contributed by atoms with van der Waals surface area (Å²) in [4.78, 5) is 4.67. The first-order valence-corrected chi connectivity index (χ1v) is 7.95. The van der Waals surface area contributed by atoms with E-state index in [1.54, 1.807) is 0 Å². The molecule has 1 saturated carbocycles. The third kappa shape index (κ3) is 4.48. The molecule has 1 N–H and O–H groups in total. The molecule has 3 heteroatoms. The predicted octanol–water partition coefficient (Wildman–Crippen LogP) is 4.02. The van der Waals surface area contributed by atoms with E-state index in [-0.39, 0.29) is 0 Å². The summed E-state index contributed by atoms with van der Waals surface area (Å²) < 4.78 is 6.07. The van der Waals surface area contributed by atoms with Crippen molar-refractivity contribution < 1.29 is 4.74 Å². The minimum absolute atomic E-state index is 0.371. The summed E-state index contributed by atoms with van der Waals surface area (Å²) in [6.45, 7) is 9.57. The highest BCUT2D eigenvalue weighted by Gasteiger charge is 2.18. The normalized spacial score (nSPS) is 16.3. The average Bonchev–Trinajstić information content (AvgIpc) is 2.89. The van der Waals surface area contributed by atoms with E-state index in [2.05, 4.69) is 50.1 Å².